The molecule has 0 saturated heterocycles. The van der Waals surface area contributed by atoms with Gasteiger partial charge in [0.1, 0.15) is 0 Å². The molecular formula is C11H15NO4S. The number of rotatable bonds is 6. The first-order chi connectivity index (χ1) is 7.99. The minimum atomic E-state index is -0.978. The number of hydrogen-bond acceptors (Lipinski definition) is 6. The van der Waals surface area contributed by atoms with Crippen molar-refractivity contribution in [1.29, 1.82) is 0 Å². The highest BCUT2D eigenvalue weighted by Gasteiger charge is 2.23. The van der Waals surface area contributed by atoms with Crippen LogP contribution in [0, 0.1) is 13.8 Å². The van der Waals surface area contributed by atoms with E-state index in [1.165, 1.54) is 25.6 Å². The molecule has 0 unspecified atom stereocenters. The fraction of sp³-hybridized carbons (Fsp3) is 0.545. The third-order valence-corrected chi connectivity index (χ3v) is 3.30. The molecule has 0 fully saturated rings. The topological polar surface area (TPSA) is 65.5 Å². The van der Waals surface area contributed by atoms with E-state index in [-0.39, 0.29) is 18.0 Å². The number of aromatic nitrogens is 1. The highest BCUT2D eigenvalue weighted by molar-refractivity contribution is 7.13. The molecule has 0 bridgehead atoms. The summed E-state index contributed by atoms with van der Waals surface area (Å²) < 4.78 is 9.59. The number of aryl methyl sites for hydroxylation is 2. The first-order valence-electron chi connectivity index (χ1n) is 5.05. The minimum absolute atomic E-state index is 0.227. The van der Waals surface area contributed by atoms with Gasteiger partial charge >= 0.3 is 0 Å². The van der Waals surface area contributed by atoms with Crippen LogP contribution in [-0.4, -0.2) is 37.1 Å². The molecule has 0 atom stereocenters. The average Bonchev–Trinajstić information content (AvgIpc) is 2.59. The molecule has 1 aromatic heterocycles. The van der Waals surface area contributed by atoms with Gasteiger partial charge in [-0.05, 0) is 13.8 Å². The van der Waals surface area contributed by atoms with Crippen molar-refractivity contribution >= 4 is 22.9 Å². The molecule has 0 aliphatic heterocycles. The predicted octanol–water partition coefficient (Wildman–Crippen LogP) is 1.52. The number of methoxy groups -OCH3 is 2. The van der Waals surface area contributed by atoms with Crippen molar-refractivity contribution in [2.45, 2.75) is 26.6 Å². The van der Waals surface area contributed by atoms with Gasteiger partial charge in [0.05, 0.1) is 22.0 Å². The Balaban J connectivity index is 2.73. The van der Waals surface area contributed by atoms with Crippen molar-refractivity contribution in [3.63, 3.8) is 0 Å². The molecule has 94 valence electrons. The van der Waals surface area contributed by atoms with Gasteiger partial charge in [-0.2, -0.15) is 0 Å². The number of nitrogens with zero attached hydrogens (tertiary/aromatic N) is 1. The number of ketones is 2. The molecule has 1 heterocycles. The number of ether oxygens (including phenoxy) is 2. The standard InChI is InChI=1S/C11H15NO4S/c1-6-10(17-7(2)12-6)8(13)5-9(14)11(15-3)16-4/h11H,5H2,1-4H3. The van der Waals surface area contributed by atoms with Crippen LogP contribution in [0.3, 0.4) is 0 Å². The molecule has 0 aromatic carbocycles. The zero-order chi connectivity index (χ0) is 13.0. The second-order valence-corrected chi connectivity index (χ2v) is 4.72. The van der Waals surface area contributed by atoms with Crippen LogP contribution in [0.1, 0.15) is 26.8 Å². The van der Waals surface area contributed by atoms with E-state index in [0.717, 1.165) is 5.01 Å². The van der Waals surface area contributed by atoms with Crippen molar-refractivity contribution in [3.05, 3.63) is 15.6 Å². The molecule has 6 heteroatoms. The summed E-state index contributed by atoms with van der Waals surface area (Å²) in [6, 6.07) is 0. The molecule has 0 aliphatic rings. The van der Waals surface area contributed by atoms with Crippen molar-refractivity contribution in [2.24, 2.45) is 0 Å². The van der Waals surface area contributed by atoms with Crippen molar-refractivity contribution in [2.75, 3.05) is 14.2 Å². The number of Topliss-reactive ketones (excluding diaryl/α,β-unsaturated/α-hetero) is 2. The average molecular weight is 257 g/mol. The van der Waals surface area contributed by atoms with Gasteiger partial charge in [-0.15, -0.1) is 11.3 Å². The molecule has 5 nitrogen and oxygen atoms in total. The molecule has 0 spiro atoms. The Bertz CT molecular complexity index is 423. The van der Waals surface area contributed by atoms with Crippen molar-refractivity contribution in [1.82, 2.24) is 4.98 Å². The number of carbonyl (C=O) groups excluding carboxylic acids is 2. The van der Waals surface area contributed by atoms with Crippen molar-refractivity contribution < 1.29 is 19.1 Å². The van der Waals surface area contributed by atoms with Gasteiger partial charge in [0.2, 0.25) is 6.29 Å². The Morgan fingerprint density at radius 3 is 2.29 bits per heavy atom. The largest absolute Gasteiger partial charge is 0.349 e. The zero-order valence-corrected chi connectivity index (χ0v) is 11.1. The Kier molecular flexibility index (Phi) is 4.92. The Morgan fingerprint density at radius 2 is 1.88 bits per heavy atom. The lowest BCUT2D eigenvalue weighted by Crippen LogP contribution is -2.26. The van der Waals surface area contributed by atoms with E-state index in [1.807, 2.05) is 6.92 Å². The van der Waals surface area contributed by atoms with E-state index >= 15 is 0 Å². The van der Waals surface area contributed by atoms with Gasteiger partial charge in [0.25, 0.3) is 0 Å². The van der Waals surface area contributed by atoms with E-state index in [4.69, 9.17) is 9.47 Å². The monoisotopic (exact) mass is 257 g/mol. The molecule has 0 aliphatic carbocycles. The van der Waals surface area contributed by atoms with Gasteiger partial charge in [0.15, 0.2) is 11.6 Å². The van der Waals surface area contributed by atoms with Gasteiger partial charge in [0, 0.05) is 14.2 Å². The van der Waals surface area contributed by atoms with E-state index < -0.39 is 6.29 Å². The summed E-state index contributed by atoms with van der Waals surface area (Å²) in [5.74, 6) is -0.623. The Labute approximate surface area is 104 Å². The van der Waals surface area contributed by atoms with Crippen LogP contribution >= 0.6 is 11.3 Å². The number of thiazole rings is 1. The van der Waals surface area contributed by atoms with Crippen LogP contribution in [0.25, 0.3) is 0 Å². The molecular weight excluding hydrogens is 242 g/mol. The highest BCUT2D eigenvalue weighted by atomic mass is 32.1. The third kappa shape index (κ3) is 3.42. The van der Waals surface area contributed by atoms with Crippen LogP contribution < -0.4 is 0 Å². The van der Waals surface area contributed by atoms with Gasteiger partial charge < -0.3 is 9.47 Å². The molecule has 1 rings (SSSR count). The van der Waals surface area contributed by atoms with Gasteiger partial charge in [-0.1, -0.05) is 0 Å². The minimum Gasteiger partial charge on any atom is -0.349 e. The summed E-state index contributed by atoms with van der Waals surface area (Å²) in [6.45, 7) is 3.58. The zero-order valence-electron chi connectivity index (χ0n) is 10.3. The fourth-order valence-corrected chi connectivity index (χ4v) is 2.33. The maximum Gasteiger partial charge on any atom is 0.217 e. The summed E-state index contributed by atoms with van der Waals surface area (Å²) >= 11 is 1.30. The third-order valence-electron chi connectivity index (χ3n) is 2.18. The summed E-state index contributed by atoms with van der Waals surface area (Å²) in [4.78, 5) is 28.2. The van der Waals surface area contributed by atoms with Gasteiger partial charge in [-0.3, -0.25) is 9.59 Å². The van der Waals surface area contributed by atoms with Gasteiger partial charge in [-0.25, -0.2) is 4.98 Å². The summed E-state index contributed by atoms with van der Waals surface area (Å²) in [5, 5.41) is 0.813. The lowest BCUT2D eigenvalue weighted by atomic mass is 10.1. The lowest BCUT2D eigenvalue weighted by Gasteiger charge is -2.10. The molecule has 0 amide bonds. The van der Waals surface area contributed by atoms with Crippen LogP contribution in [0.15, 0.2) is 0 Å². The quantitative estimate of drug-likeness (QED) is 0.439. The molecule has 0 N–H and O–H groups in total. The van der Waals surface area contributed by atoms with Crippen LogP contribution in [-0.2, 0) is 14.3 Å². The second-order valence-electron chi connectivity index (χ2n) is 3.52. The molecule has 17 heavy (non-hydrogen) atoms. The van der Waals surface area contributed by atoms with Crippen LogP contribution in [0.2, 0.25) is 0 Å². The first-order valence-corrected chi connectivity index (χ1v) is 5.86. The van der Waals surface area contributed by atoms with Crippen LogP contribution in [0.5, 0.6) is 0 Å². The molecule has 0 saturated carbocycles. The fourth-order valence-electron chi connectivity index (χ4n) is 1.47. The summed E-state index contributed by atoms with van der Waals surface area (Å²) in [6.07, 6.45) is -1.21. The van der Waals surface area contributed by atoms with E-state index in [2.05, 4.69) is 4.98 Å². The van der Waals surface area contributed by atoms with Crippen molar-refractivity contribution in [3.8, 4) is 0 Å². The number of hydrogen-bond donors (Lipinski definition) is 0. The first kappa shape index (κ1) is 14.0. The van der Waals surface area contributed by atoms with E-state index in [9.17, 15) is 9.59 Å². The van der Waals surface area contributed by atoms with Crippen LogP contribution in [0.4, 0.5) is 0 Å². The number of carbonyl (C=O) groups is 2. The Hall–Kier alpha value is -1.11. The smallest absolute Gasteiger partial charge is 0.217 e. The summed E-state index contributed by atoms with van der Waals surface area (Å²) in [5.41, 5.74) is 0.664. The van der Waals surface area contributed by atoms with E-state index in [1.54, 1.807) is 6.92 Å². The SMILES string of the molecule is COC(OC)C(=O)CC(=O)c1sc(C)nc1C. The Morgan fingerprint density at radius 1 is 1.29 bits per heavy atom. The highest BCUT2D eigenvalue weighted by Crippen LogP contribution is 2.19. The molecule has 0 radical (unpaired) electrons. The maximum atomic E-state index is 11.9. The van der Waals surface area contributed by atoms with E-state index in [0.29, 0.717) is 10.6 Å². The second kappa shape index (κ2) is 6.00. The predicted molar refractivity (Wildman–Crippen MR) is 63.3 cm³/mol. The summed E-state index contributed by atoms with van der Waals surface area (Å²) in [7, 11) is 2.72. The molecule has 1 aromatic rings. The lowest BCUT2D eigenvalue weighted by molar-refractivity contribution is -0.155. The normalized spacial score (nSPS) is 10.9. The maximum absolute atomic E-state index is 11.9.